The lowest BCUT2D eigenvalue weighted by Gasteiger charge is -2.22. The van der Waals surface area contributed by atoms with Gasteiger partial charge in [-0.25, -0.2) is 0 Å². The van der Waals surface area contributed by atoms with Crippen LogP contribution >= 0.6 is 11.6 Å². The molecule has 30 heavy (non-hydrogen) atoms. The van der Waals surface area contributed by atoms with E-state index in [4.69, 9.17) is 11.6 Å². The molecule has 2 N–H and O–H groups in total. The van der Waals surface area contributed by atoms with Gasteiger partial charge in [0, 0.05) is 23.2 Å². The Hall–Kier alpha value is -2.92. The van der Waals surface area contributed by atoms with E-state index >= 15 is 0 Å². The third kappa shape index (κ3) is 4.79. The summed E-state index contributed by atoms with van der Waals surface area (Å²) in [7, 11) is 0. The molecule has 1 heterocycles. The zero-order valence-corrected chi connectivity index (χ0v) is 17.4. The van der Waals surface area contributed by atoms with Crippen LogP contribution in [0.4, 0.5) is 5.69 Å². The Kier molecular flexibility index (Phi) is 6.29. The Morgan fingerprint density at radius 2 is 1.80 bits per heavy atom. The van der Waals surface area contributed by atoms with Gasteiger partial charge in [-0.05, 0) is 49.1 Å². The fourth-order valence-electron chi connectivity index (χ4n) is 3.93. The van der Waals surface area contributed by atoms with Crippen LogP contribution in [0.25, 0.3) is 10.9 Å². The minimum absolute atomic E-state index is 0.227. The first-order valence-corrected chi connectivity index (χ1v) is 10.7. The highest BCUT2D eigenvalue weighted by Crippen LogP contribution is 2.25. The number of pyridine rings is 1. The summed E-state index contributed by atoms with van der Waals surface area (Å²) in [6.07, 6.45) is 7.55. The van der Waals surface area contributed by atoms with Crippen LogP contribution in [-0.4, -0.2) is 23.3 Å². The van der Waals surface area contributed by atoms with Crippen molar-refractivity contribution in [3.05, 3.63) is 70.9 Å². The van der Waals surface area contributed by atoms with E-state index in [1.807, 2.05) is 24.3 Å². The highest BCUT2D eigenvalue weighted by molar-refractivity contribution is 6.31. The number of para-hydroxylation sites is 1. The topological polar surface area (TPSA) is 71.1 Å². The van der Waals surface area contributed by atoms with Crippen LogP contribution in [0, 0.1) is 5.92 Å². The Bertz CT molecular complexity index is 1080. The third-order valence-corrected chi connectivity index (χ3v) is 5.84. The monoisotopic (exact) mass is 421 g/mol. The fraction of sp³-hybridized carbons (Fsp3) is 0.292. The molecule has 1 aromatic heterocycles. The number of carbonyl (C=O) groups is 2. The fourth-order valence-corrected chi connectivity index (χ4v) is 4.10. The van der Waals surface area contributed by atoms with Crippen molar-refractivity contribution in [2.45, 2.75) is 32.1 Å². The smallest absolute Gasteiger partial charge is 0.257 e. The van der Waals surface area contributed by atoms with Crippen molar-refractivity contribution in [3.8, 4) is 0 Å². The van der Waals surface area contributed by atoms with Crippen molar-refractivity contribution in [3.63, 3.8) is 0 Å². The summed E-state index contributed by atoms with van der Waals surface area (Å²) in [4.78, 5) is 30.0. The van der Waals surface area contributed by atoms with Gasteiger partial charge in [0.2, 0.25) is 0 Å². The lowest BCUT2D eigenvalue weighted by molar-refractivity contribution is 0.0944. The summed E-state index contributed by atoms with van der Waals surface area (Å²) in [5.74, 6) is -0.0319. The molecule has 1 saturated carbocycles. The SMILES string of the molecule is O=C(Nc1ccc(Cl)cc1C(=O)NCC1CCCCC1)c1cnc2ccccc2c1. The number of aromatic nitrogens is 1. The van der Waals surface area contributed by atoms with Gasteiger partial charge in [0.1, 0.15) is 0 Å². The number of hydrogen-bond acceptors (Lipinski definition) is 3. The molecule has 2 aromatic carbocycles. The standard InChI is InChI=1S/C24H24ClN3O2/c25-19-10-11-22(20(13-19)24(30)27-14-16-6-2-1-3-7-16)28-23(29)18-12-17-8-4-5-9-21(17)26-15-18/h4-5,8-13,15-16H,1-3,6-7,14H2,(H,27,30)(H,28,29). The van der Waals surface area contributed by atoms with Gasteiger partial charge in [-0.15, -0.1) is 0 Å². The summed E-state index contributed by atoms with van der Waals surface area (Å²) in [5.41, 5.74) is 2.04. The first-order chi connectivity index (χ1) is 14.6. The molecular weight excluding hydrogens is 398 g/mol. The maximum Gasteiger partial charge on any atom is 0.257 e. The van der Waals surface area contributed by atoms with E-state index in [1.165, 1.54) is 25.5 Å². The molecule has 5 nitrogen and oxygen atoms in total. The molecule has 154 valence electrons. The van der Waals surface area contributed by atoms with Crippen molar-refractivity contribution in [1.29, 1.82) is 0 Å². The van der Waals surface area contributed by atoms with Crippen molar-refractivity contribution in [1.82, 2.24) is 10.3 Å². The maximum atomic E-state index is 12.8. The van der Waals surface area contributed by atoms with Crippen molar-refractivity contribution < 1.29 is 9.59 Å². The molecule has 6 heteroatoms. The molecule has 0 radical (unpaired) electrons. The zero-order valence-electron chi connectivity index (χ0n) is 16.7. The average molecular weight is 422 g/mol. The number of amides is 2. The molecule has 0 saturated heterocycles. The predicted molar refractivity (Wildman–Crippen MR) is 120 cm³/mol. The van der Waals surface area contributed by atoms with Crippen LogP contribution in [0.3, 0.4) is 0 Å². The second-order valence-corrected chi connectivity index (χ2v) is 8.21. The molecule has 3 aromatic rings. The van der Waals surface area contributed by atoms with Gasteiger partial charge < -0.3 is 10.6 Å². The van der Waals surface area contributed by atoms with Crippen LogP contribution in [0.2, 0.25) is 5.02 Å². The van der Waals surface area contributed by atoms with Crippen molar-refractivity contribution >= 4 is 40.0 Å². The summed E-state index contributed by atoms with van der Waals surface area (Å²) >= 11 is 6.13. The molecule has 0 spiro atoms. The van der Waals surface area contributed by atoms with Crippen molar-refractivity contribution in [2.75, 3.05) is 11.9 Å². The molecule has 2 amide bonds. The maximum absolute atomic E-state index is 12.8. The predicted octanol–water partition coefficient (Wildman–Crippen LogP) is 5.45. The van der Waals surface area contributed by atoms with E-state index in [2.05, 4.69) is 15.6 Å². The number of rotatable bonds is 5. The number of halogens is 1. The molecule has 0 unspecified atom stereocenters. The number of anilines is 1. The Balaban J connectivity index is 1.50. The van der Waals surface area contributed by atoms with Crippen LogP contribution in [0.5, 0.6) is 0 Å². The highest BCUT2D eigenvalue weighted by Gasteiger charge is 2.18. The number of benzene rings is 2. The molecular formula is C24H24ClN3O2. The minimum Gasteiger partial charge on any atom is -0.352 e. The summed E-state index contributed by atoms with van der Waals surface area (Å²) in [6, 6.07) is 14.3. The number of nitrogens with zero attached hydrogens (tertiary/aromatic N) is 1. The summed E-state index contributed by atoms with van der Waals surface area (Å²) < 4.78 is 0. The van der Waals surface area contributed by atoms with Gasteiger partial charge >= 0.3 is 0 Å². The molecule has 1 fully saturated rings. The lowest BCUT2D eigenvalue weighted by atomic mass is 9.89. The molecule has 1 aliphatic rings. The second-order valence-electron chi connectivity index (χ2n) is 7.77. The number of fused-ring (bicyclic) bond motifs is 1. The second kappa shape index (κ2) is 9.26. The van der Waals surface area contributed by atoms with E-state index in [1.54, 1.807) is 24.3 Å². The molecule has 0 atom stereocenters. The van der Waals surface area contributed by atoms with E-state index in [9.17, 15) is 9.59 Å². The lowest BCUT2D eigenvalue weighted by Crippen LogP contribution is -2.31. The number of hydrogen-bond donors (Lipinski definition) is 2. The Morgan fingerprint density at radius 3 is 2.63 bits per heavy atom. The van der Waals surface area contributed by atoms with Crippen LogP contribution in [-0.2, 0) is 0 Å². The van der Waals surface area contributed by atoms with E-state index < -0.39 is 0 Å². The Morgan fingerprint density at radius 1 is 1.00 bits per heavy atom. The van der Waals surface area contributed by atoms with E-state index in [0.29, 0.717) is 34.3 Å². The van der Waals surface area contributed by atoms with Gasteiger partial charge in [-0.3, -0.25) is 14.6 Å². The quantitative estimate of drug-likeness (QED) is 0.575. The zero-order chi connectivity index (χ0) is 20.9. The first-order valence-electron chi connectivity index (χ1n) is 10.3. The van der Waals surface area contributed by atoms with E-state index in [-0.39, 0.29) is 11.8 Å². The third-order valence-electron chi connectivity index (χ3n) is 5.60. The molecule has 0 aliphatic heterocycles. The molecule has 1 aliphatic carbocycles. The first kappa shape index (κ1) is 20.4. The molecule has 0 bridgehead atoms. The van der Waals surface area contributed by atoms with Crippen LogP contribution < -0.4 is 10.6 Å². The van der Waals surface area contributed by atoms with Gasteiger partial charge in [0.25, 0.3) is 11.8 Å². The minimum atomic E-state index is -0.322. The van der Waals surface area contributed by atoms with Gasteiger partial charge in [-0.1, -0.05) is 49.1 Å². The van der Waals surface area contributed by atoms with Gasteiger partial charge in [0.15, 0.2) is 0 Å². The van der Waals surface area contributed by atoms with Gasteiger partial charge in [0.05, 0.1) is 22.3 Å². The number of carbonyl (C=O) groups excluding carboxylic acids is 2. The molecule has 4 rings (SSSR count). The van der Waals surface area contributed by atoms with Crippen molar-refractivity contribution in [2.24, 2.45) is 5.92 Å². The van der Waals surface area contributed by atoms with Crippen LogP contribution in [0.15, 0.2) is 54.7 Å². The number of nitrogens with one attached hydrogen (secondary N) is 2. The summed E-state index contributed by atoms with van der Waals surface area (Å²) in [6.45, 7) is 0.646. The largest absolute Gasteiger partial charge is 0.352 e. The summed E-state index contributed by atoms with van der Waals surface area (Å²) in [5, 5.41) is 7.18. The average Bonchev–Trinajstić information content (AvgIpc) is 2.79. The normalized spacial score (nSPS) is 14.4. The van der Waals surface area contributed by atoms with Gasteiger partial charge in [-0.2, -0.15) is 0 Å². The highest BCUT2D eigenvalue weighted by atomic mass is 35.5. The van der Waals surface area contributed by atoms with E-state index in [0.717, 1.165) is 23.7 Å². The Labute approximate surface area is 180 Å². The van der Waals surface area contributed by atoms with Crippen LogP contribution in [0.1, 0.15) is 52.8 Å².